The average Bonchev–Trinajstić information content (AvgIpc) is 2.84. The van der Waals surface area contributed by atoms with Crippen LogP contribution >= 0.6 is 0 Å². The Labute approximate surface area is 195 Å². The lowest BCUT2D eigenvalue weighted by Gasteiger charge is -2.25. The molecular weight excluding hydrogens is 415 g/mol. The van der Waals surface area contributed by atoms with E-state index in [-0.39, 0.29) is 11.7 Å². The molecular formula is C28H31FN2O2. The number of anilines is 1. The highest BCUT2D eigenvalue weighted by Crippen LogP contribution is 2.30. The van der Waals surface area contributed by atoms with Gasteiger partial charge >= 0.3 is 0 Å². The third kappa shape index (κ3) is 6.20. The number of hydrogen-bond donors (Lipinski definition) is 2. The molecule has 0 aliphatic carbocycles. The van der Waals surface area contributed by atoms with Crippen LogP contribution in [0.2, 0.25) is 0 Å². The standard InChI is InChI=1S/C28H31FN2O2/c1-20-8-11-23(19-26(20)22-14-16-30-17-15-22)31-28(32)7-4-18-33-24-12-9-21(10-13-24)25-5-2-3-6-27(25)29/h2-3,5-6,8-13,19,22,30H,4,7,14-18H2,1H3,(H,31,32). The molecule has 3 aromatic carbocycles. The smallest absolute Gasteiger partial charge is 0.224 e. The molecule has 0 spiro atoms. The normalized spacial score (nSPS) is 14.1. The Morgan fingerprint density at radius 3 is 2.58 bits per heavy atom. The summed E-state index contributed by atoms with van der Waals surface area (Å²) in [6, 6.07) is 20.3. The van der Waals surface area contributed by atoms with E-state index < -0.39 is 0 Å². The van der Waals surface area contributed by atoms with Crippen molar-refractivity contribution in [3.05, 3.63) is 83.7 Å². The van der Waals surface area contributed by atoms with Crippen LogP contribution in [0.25, 0.3) is 11.1 Å². The van der Waals surface area contributed by atoms with Gasteiger partial charge < -0.3 is 15.4 Å². The number of carbonyl (C=O) groups excluding carboxylic acids is 1. The Bertz CT molecular complexity index is 1080. The van der Waals surface area contributed by atoms with E-state index in [2.05, 4.69) is 29.7 Å². The van der Waals surface area contributed by atoms with E-state index in [1.807, 2.05) is 36.4 Å². The van der Waals surface area contributed by atoms with Gasteiger partial charge in [-0.25, -0.2) is 4.39 Å². The lowest BCUT2D eigenvalue weighted by molar-refractivity contribution is -0.116. The second-order valence-electron chi connectivity index (χ2n) is 8.60. The largest absolute Gasteiger partial charge is 0.494 e. The van der Waals surface area contributed by atoms with E-state index in [1.165, 1.54) is 17.2 Å². The maximum atomic E-state index is 13.9. The number of aryl methyl sites for hydroxylation is 1. The van der Waals surface area contributed by atoms with Crippen LogP contribution < -0.4 is 15.4 Å². The molecule has 0 bridgehead atoms. The lowest BCUT2D eigenvalue weighted by atomic mass is 9.87. The number of piperidine rings is 1. The summed E-state index contributed by atoms with van der Waals surface area (Å²) < 4.78 is 19.7. The van der Waals surface area contributed by atoms with Gasteiger partial charge in [-0.1, -0.05) is 36.4 Å². The maximum Gasteiger partial charge on any atom is 0.224 e. The minimum absolute atomic E-state index is 0.00591. The van der Waals surface area contributed by atoms with Gasteiger partial charge in [-0.15, -0.1) is 0 Å². The molecule has 1 aliphatic rings. The van der Waals surface area contributed by atoms with E-state index in [9.17, 15) is 9.18 Å². The van der Waals surface area contributed by atoms with Gasteiger partial charge in [0.05, 0.1) is 6.61 Å². The number of halogens is 1. The molecule has 1 amide bonds. The monoisotopic (exact) mass is 446 g/mol. The van der Waals surface area contributed by atoms with E-state index in [0.717, 1.165) is 37.2 Å². The molecule has 1 fully saturated rings. The zero-order valence-corrected chi connectivity index (χ0v) is 19.1. The van der Waals surface area contributed by atoms with Crippen molar-refractivity contribution in [3.8, 4) is 16.9 Å². The highest BCUT2D eigenvalue weighted by atomic mass is 19.1. The van der Waals surface area contributed by atoms with Crippen LogP contribution in [0.4, 0.5) is 10.1 Å². The van der Waals surface area contributed by atoms with Crippen molar-refractivity contribution in [2.45, 2.75) is 38.5 Å². The van der Waals surface area contributed by atoms with Crippen LogP contribution in [-0.4, -0.2) is 25.6 Å². The molecule has 5 heteroatoms. The molecule has 33 heavy (non-hydrogen) atoms. The summed E-state index contributed by atoms with van der Waals surface area (Å²) in [4.78, 5) is 12.4. The molecule has 4 rings (SSSR count). The molecule has 4 nitrogen and oxygen atoms in total. The van der Waals surface area contributed by atoms with Crippen LogP contribution in [0.1, 0.15) is 42.7 Å². The quantitative estimate of drug-likeness (QED) is 0.413. The third-order valence-corrected chi connectivity index (χ3v) is 6.20. The first-order chi connectivity index (χ1) is 16.1. The molecule has 1 heterocycles. The fourth-order valence-corrected chi connectivity index (χ4v) is 4.36. The molecule has 0 aromatic heterocycles. The highest BCUT2D eigenvalue weighted by Gasteiger charge is 2.17. The highest BCUT2D eigenvalue weighted by molar-refractivity contribution is 5.90. The van der Waals surface area contributed by atoms with E-state index >= 15 is 0 Å². The van der Waals surface area contributed by atoms with Crippen LogP contribution in [0.5, 0.6) is 5.75 Å². The number of amides is 1. The average molecular weight is 447 g/mol. The number of carbonyl (C=O) groups is 1. The van der Waals surface area contributed by atoms with Crippen molar-refractivity contribution in [1.29, 1.82) is 0 Å². The summed E-state index contributed by atoms with van der Waals surface area (Å²) in [7, 11) is 0. The Morgan fingerprint density at radius 1 is 1.06 bits per heavy atom. The SMILES string of the molecule is Cc1ccc(NC(=O)CCCOc2ccc(-c3ccccc3F)cc2)cc1C1CCNCC1. The molecule has 3 aromatic rings. The zero-order valence-electron chi connectivity index (χ0n) is 19.1. The van der Waals surface area contributed by atoms with E-state index in [1.54, 1.807) is 12.1 Å². The summed E-state index contributed by atoms with van der Waals surface area (Å²) in [5, 5.41) is 6.44. The predicted octanol–water partition coefficient (Wildman–Crippen LogP) is 6.07. The third-order valence-electron chi connectivity index (χ3n) is 6.20. The number of hydrogen-bond acceptors (Lipinski definition) is 3. The summed E-state index contributed by atoms with van der Waals surface area (Å²) in [6.45, 7) is 4.68. The Kier molecular flexibility index (Phi) is 7.74. The minimum Gasteiger partial charge on any atom is -0.494 e. The van der Waals surface area contributed by atoms with Crippen LogP contribution in [0.3, 0.4) is 0 Å². The van der Waals surface area contributed by atoms with E-state index in [4.69, 9.17) is 4.74 Å². The fourth-order valence-electron chi connectivity index (χ4n) is 4.36. The van der Waals surface area contributed by atoms with Crippen molar-refractivity contribution in [2.75, 3.05) is 25.0 Å². The van der Waals surface area contributed by atoms with Crippen molar-refractivity contribution < 1.29 is 13.9 Å². The zero-order chi connectivity index (χ0) is 23.0. The summed E-state index contributed by atoms with van der Waals surface area (Å²) in [6.07, 6.45) is 3.28. The first kappa shape index (κ1) is 23.0. The van der Waals surface area contributed by atoms with Gasteiger partial charge in [0.15, 0.2) is 0 Å². The van der Waals surface area contributed by atoms with Gasteiger partial charge in [0.2, 0.25) is 5.91 Å². The Hall–Kier alpha value is -3.18. The van der Waals surface area contributed by atoms with Crippen molar-refractivity contribution in [2.24, 2.45) is 0 Å². The van der Waals surface area contributed by atoms with Gasteiger partial charge in [-0.2, -0.15) is 0 Å². The summed E-state index contributed by atoms with van der Waals surface area (Å²) in [5.41, 5.74) is 4.87. The number of rotatable bonds is 8. The van der Waals surface area contributed by atoms with Crippen LogP contribution in [-0.2, 0) is 4.79 Å². The first-order valence-corrected chi connectivity index (χ1v) is 11.7. The Balaban J connectivity index is 1.23. The van der Waals surface area contributed by atoms with Crippen LogP contribution in [0, 0.1) is 12.7 Å². The second kappa shape index (κ2) is 11.1. The van der Waals surface area contributed by atoms with Gasteiger partial charge in [0.25, 0.3) is 0 Å². The molecule has 0 unspecified atom stereocenters. The van der Waals surface area contributed by atoms with Gasteiger partial charge in [0, 0.05) is 17.7 Å². The van der Waals surface area contributed by atoms with Gasteiger partial charge in [-0.05, 0) is 92.2 Å². The minimum atomic E-state index is -0.242. The van der Waals surface area contributed by atoms with Crippen LogP contribution in [0.15, 0.2) is 66.7 Å². The molecule has 1 saturated heterocycles. The second-order valence-corrected chi connectivity index (χ2v) is 8.60. The number of nitrogens with one attached hydrogen (secondary N) is 2. The lowest BCUT2D eigenvalue weighted by Crippen LogP contribution is -2.27. The molecule has 1 aliphatic heterocycles. The predicted molar refractivity (Wildman–Crippen MR) is 131 cm³/mol. The molecule has 0 saturated carbocycles. The topological polar surface area (TPSA) is 50.4 Å². The molecule has 172 valence electrons. The van der Waals surface area contributed by atoms with Crippen molar-refractivity contribution in [3.63, 3.8) is 0 Å². The molecule has 0 atom stereocenters. The van der Waals surface area contributed by atoms with Gasteiger partial charge in [-0.3, -0.25) is 4.79 Å². The van der Waals surface area contributed by atoms with E-state index in [0.29, 0.717) is 36.7 Å². The maximum absolute atomic E-state index is 13.9. The van der Waals surface area contributed by atoms with Gasteiger partial charge in [0.1, 0.15) is 11.6 Å². The summed E-state index contributed by atoms with van der Waals surface area (Å²) in [5.74, 6) is 1.02. The first-order valence-electron chi connectivity index (χ1n) is 11.7. The number of benzene rings is 3. The summed E-state index contributed by atoms with van der Waals surface area (Å²) >= 11 is 0. The molecule has 0 radical (unpaired) electrons. The fraction of sp³-hybridized carbons (Fsp3) is 0.321. The number of ether oxygens (including phenoxy) is 1. The van der Waals surface area contributed by atoms with Crippen molar-refractivity contribution >= 4 is 11.6 Å². The van der Waals surface area contributed by atoms with Crippen molar-refractivity contribution in [1.82, 2.24) is 5.32 Å². The molecule has 2 N–H and O–H groups in total. The Morgan fingerprint density at radius 2 is 1.82 bits per heavy atom.